The van der Waals surface area contributed by atoms with Gasteiger partial charge in [-0.2, -0.15) is 0 Å². The quantitative estimate of drug-likeness (QED) is 0.160. The summed E-state index contributed by atoms with van der Waals surface area (Å²) in [5.74, 6) is 0. The molecule has 0 amide bonds. The molecule has 3 nitrogen and oxygen atoms in total. The van der Waals surface area contributed by atoms with Crippen molar-refractivity contribution in [1.29, 1.82) is 0 Å². The van der Waals surface area contributed by atoms with Crippen LogP contribution in [0.1, 0.15) is 103 Å². The molecule has 5 heteroatoms. The number of fused-ring (bicyclic) bond motifs is 14. The maximum Gasteiger partial charge on any atom is 0.343 e. The van der Waals surface area contributed by atoms with Crippen molar-refractivity contribution in [2.75, 3.05) is 9.71 Å². The van der Waals surface area contributed by atoms with Crippen molar-refractivity contribution in [3.63, 3.8) is 0 Å². The summed E-state index contributed by atoms with van der Waals surface area (Å²) in [5.41, 5.74) is 28.3. The number of benzene rings is 10. The molecule has 0 atom stereocenters. The molecule has 0 saturated heterocycles. The summed E-state index contributed by atoms with van der Waals surface area (Å²) in [6, 6.07) is 78.3. The van der Waals surface area contributed by atoms with Gasteiger partial charge in [-0.25, -0.2) is 0 Å². The van der Waals surface area contributed by atoms with Crippen LogP contribution in [0, 0.1) is 0 Å². The minimum absolute atomic E-state index is 0.0623. The van der Waals surface area contributed by atoms with E-state index in [2.05, 4.69) is 278 Å². The first kappa shape index (κ1) is 49.4. The van der Waals surface area contributed by atoms with Crippen LogP contribution in [0.4, 0.5) is 28.4 Å². The molecule has 398 valence electrons. The molecule has 0 fully saturated rings. The topological polar surface area (TPSA) is 19.6 Å². The highest BCUT2D eigenvalue weighted by molar-refractivity contribution is 7.32. The van der Waals surface area contributed by atoms with E-state index in [9.17, 15) is 0 Å². The average molecular weight is 1080 g/mol. The number of nitrogens with zero attached hydrogens (tertiary/aromatic N) is 2. The van der Waals surface area contributed by atoms with Crippen molar-refractivity contribution in [2.45, 2.75) is 96.8 Å². The predicted molar refractivity (Wildman–Crippen MR) is 351 cm³/mol. The van der Waals surface area contributed by atoms with E-state index < -0.39 is 0 Å². The van der Waals surface area contributed by atoms with E-state index in [1.165, 1.54) is 134 Å². The van der Waals surface area contributed by atoms with Gasteiger partial charge in [0.15, 0.2) is 0 Å². The molecule has 16 rings (SSSR count). The molecule has 2 aliphatic heterocycles. The molecular weight excluding hydrogens is 1010 g/mol. The van der Waals surface area contributed by atoms with Crippen molar-refractivity contribution in [3.8, 4) is 55.6 Å². The summed E-state index contributed by atoms with van der Waals surface area (Å²) < 4.78 is 9.97. The zero-order valence-electron chi connectivity index (χ0n) is 48.3. The van der Waals surface area contributed by atoms with Gasteiger partial charge in [-0.05, 0) is 162 Å². The molecule has 0 saturated carbocycles. The van der Waals surface area contributed by atoms with E-state index in [1.54, 1.807) is 0 Å². The van der Waals surface area contributed by atoms with Crippen LogP contribution in [0.3, 0.4) is 0 Å². The van der Waals surface area contributed by atoms with Crippen molar-refractivity contribution in [2.24, 2.45) is 0 Å². The summed E-state index contributed by atoms with van der Waals surface area (Å²) in [6.45, 7) is 21.6. The largest absolute Gasteiger partial charge is 0.455 e. The number of thiophene rings is 1. The smallest absolute Gasteiger partial charge is 0.343 e. The lowest BCUT2D eigenvalue weighted by Gasteiger charge is -2.45. The average Bonchev–Trinajstić information content (AvgIpc) is 1.43. The summed E-state index contributed by atoms with van der Waals surface area (Å²) >= 11 is 1.95. The third-order valence-corrected chi connectivity index (χ3v) is 20.7. The molecule has 2 aromatic heterocycles. The van der Waals surface area contributed by atoms with Gasteiger partial charge in [0, 0.05) is 64.8 Å². The van der Waals surface area contributed by atoms with E-state index in [0.29, 0.717) is 0 Å². The van der Waals surface area contributed by atoms with Crippen LogP contribution in [0.25, 0.3) is 87.7 Å². The minimum atomic E-state index is -0.265. The first-order valence-corrected chi connectivity index (χ1v) is 30.3. The van der Waals surface area contributed by atoms with Gasteiger partial charge < -0.3 is 14.1 Å². The Kier molecular flexibility index (Phi) is 10.4. The molecule has 0 N–H and O–H groups in total. The van der Waals surface area contributed by atoms with Crippen LogP contribution in [0.5, 0.6) is 0 Å². The van der Waals surface area contributed by atoms with E-state index in [-0.39, 0.29) is 28.5 Å². The SMILES string of the molecule is CC(C)(C)c1ccc(N2c3cc4c(oc5ccccc54)c4c3B(c3sc5cc(-c6ccccc6)ccc5c32)N(c2ccc(-c3ccccc3)cc2)c2cc3c(cc2-4)-c2cc4c(cc2C3(C)C)C(C)(C)CCC4(C)C)c(-c2ccccc2)c1. The second-order valence-electron chi connectivity index (χ2n) is 26.7. The first-order chi connectivity index (χ1) is 39.5. The molecule has 4 aliphatic rings. The summed E-state index contributed by atoms with van der Waals surface area (Å²) in [5, 5.41) is 3.49. The number of hydrogen-bond acceptors (Lipinski definition) is 4. The van der Waals surface area contributed by atoms with Crippen LogP contribution >= 0.6 is 11.3 Å². The van der Waals surface area contributed by atoms with E-state index in [0.717, 1.165) is 33.3 Å². The number of hydrogen-bond donors (Lipinski definition) is 0. The second kappa shape index (κ2) is 17.3. The Morgan fingerprint density at radius 1 is 0.463 bits per heavy atom. The molecule has 12 aromatic rings. The highest BCUT2D eigenvalue weighted by Crippen LogP contribution is 2.60. The molecule has 4 heterocycles. The number of para-hydroxylation sites is 1. The van der Waals surface area contributed by atoms with Gasteiger partial charge in [-0.15, -0.1) is 11.3 Å². The van der Waals surface area contributed by atoms with Crippen molar-refractivity contribution in [3.05, 3.63) is 234 Å². The lowest BCUT2D eigenvalue weighted by molar-refractivity contribution is 0.331. The normalized spacial score (nSPS) is 16.0. The zero-order chi connectivity index (χ0) is 55.8. The molecule has 0 bridgehead atoms. The van der Waals surface area contributed by atoms with Crippen molar-refractivity contribution >= 4 is 88.9 Å². The molecule has 2 aliphatic carbocycles. The Morgan fingerprint density at radius 2 is 1.06 bits per heavy atom. The van der Waals surface area contributed by atoms with Crippen LogP contribution in [0.15, 0.2) is 211 Å². The third-order valence-electron chi connectivity index (χ3n) is 19.5. The van der Waals surface area contributed by atoms with Gasteiger partial charge in [0.05, 0.1) is 11.4 Å². The highest BCUT2D eigenvalue weighted by atomic mass is 32.1. The number of furan rings is 1. The van der Waals surface area contributed by atoms with Crippen molar-refractivity contribution < 1.29 is 4.42 Å². The Hall–Kier alpha value is -8.38. The lowest BCUT2D eigenvalue weighted by atomic mass is 9.46. The van der Waals surface area contributed by atoms with Gasteiger partial charge >= 0.3 is 6.85 Å². The first-order valence-electron chi connectivity index (χ1n) is 29.5. The Bertz CT molecular complexity index is 4630. The van der Waals surface area contributed by atoms with Gasteiger partial charge in [0.25, 0.3) is 0 Å². The van der Waals surface area contributed by atoms with Crippen LogP contribution in [0.2, 0.25) is 0 Å². The van der Waals surface area contributed by atoms with Gasteiger partial charge in [-0.1, -0.05) is 208 Å². The fraction of sp³-hybridized carbons (Fsp3) is 0.195. The van der Waals surface area contributed by atoms with E-state index in [4.69, 9.17) is 4.42 Å². The fourth-order valence-electron chi connectivity index (χ4n) is 14.8. The Morgan fingerprint density at radius 3 is 1.76 bits per heavy atom. The summed E-state index contributed by atoms with van der Waals surface area (Å²) in [4.78, 5) is 5.40. The number of anilines is 5. The maximum atomic E-state index is 7.40. The van der Waals surface area contributed by atoms with E-state index in [1.807, 2.05) is 11.3 Å². The molecule has 82 heavy (non-hydrogen) atoms. The minimum Gasteiger partial charge on any atom is -0.455 e. The molecule has 0 spiro atoms. The predicted octanol–water partition coefficient (Wildman–Crippen LogP) is 20.5. The molecular formula is C77H65BN2OS. The number of rotatable bonds is 5. The van der Waals surface area contributed by atoms with Crippen LogP contribution in [-0.2, 0) is 21.7 Å². The summed E-state index contributed by atoms with van der Waals surface area (Å²) in [7, 11) is 0. The van der Waals surface area contributed by atoms with Crippen LogP contribution < -0.4 is 20.0 Å². The second-order valence-corrected chi connectivity index (χ2v) is 27.8. The third kappa shape index (κ3) is 7.14. The Balaban J connectivity index is 1.06. The fourth-order valence-corrected chi connectivity index (χ4v) is 16.1. The summed E-state index contributed by atoms with van der Waals surface area (Å²) in [6.07, 6.45) is 2.35. The van der Waals surface area contributed by atoms with Gasteiger partial charge in [0.1, 0.15) is 11.2 Å². The molecule has 0 radical (unpaired) electrons. The molecule has 0 unspecified atom stereocenters. The Labute approximate surface area is 486 Å². The van der Waals surface area contributed by atoms with Gasteiger partial charge in [0.2, 0.25) is 0 Å². The monoisotopic (exact) mass is 1080 g/mol. The van der Waals surface area contributed by atoms with Crippen molar-refractivity contribution in [1.82, 2.24) is 0 Å². The zero-order valence-corrected chi connectivity index (χ0v) is 49.1. The maximum absolute atomic E-state index is 7.40. The molecule has 10 aromatic carbocycles. The lowest BCUT2D eigenvalue weighted by Crippen LogP contribution is -2.60. The van der Waals surface area contributed by atoms with Gasteiger partial charge in [-0.3, -0.25) is 0 Å². The highest BCUT2D eigenvalue weighted by Gasteiger charge is 2.51. The van der Waals surface area contributed by atoms with E-state index >= 15 is 0 Å². The standard InChI is InChI=1S/C77H65BN2OS/c1-74(2,3)51-32-36-64(55(40-51)49-25-17-12-18-26-49)79-66-43-58-53-27-19-20-28-67(53)81-72(58)69-59-41-56-57-42-62-63(76(6,7)38-37-75(62,4)5)44-60(57)77(8,9)61(56)45-65(59)80(52-33-29-48(30-34-52)46-21-13-10-14-22-46)78(70(66)69)73-71(79)54-35-31-50(39-68(54)82-73)47-23-15-11-16-24-47/h10-36,39-45H,37-38H2,1-9H3. The van der Waals surface area contributed by atoms with Crippen LogP contribution in [-0.4, -0.2) is 6.85 Å².